The van der Waals surface area contributed by atoms with Crippen molar-refractivity contribution < 1.29 is 22.3 Å². The molecule has 2 aromatic carbocycles. The fourth-order valence-corrected chi connectivity index (χ4v) is 3.18. The third-order valence-corrected chi connectivity index (χ3v) is 5.17. The van der Waals surface area contributed by atoms with Gasteiger partial charge in [0.25, 0.3) is 0 Å². The van der Waals surface area contributed by atoms with Crippen molar-refractivity contribution in [3.05, 3.63) is 65.5 Å². The molecule has 5 nitrogen and oxygen atoms in total. The van der Waals surface area contributed by atoms with Crippen LogP contribution < -0.4 is 0 Å². The normalized spacial score (nSPS) is 11.5. The van der Waals surface area contributed by atoms with E-state index in [0.29, 0.717) is 0 Å². The first-order valence-electron chi connectivity index (χ1n) is 7.22. The highest BCUT2D eigenvalue weighted by Gasteiger charge is 2.23. The van der Waals surface area contributed by atoms with Crippen molar-refractivity contribution in [2.24, 2.45) is 0 Å². The molecule has 0 aliphatic heterocycles. The molecule has 0 atom stereocenters. The second-order valence-electron chi connectivity index (χ2n) is 5.36. The fourth-order valence-electron chi connectivity index (χ4n) is 2.06. The lowest BCUT2D eigenvalue weighted by Gasteiger charge is -2.16. The predicted octanol–water partition coefficient (Wildman–Crippen LogP) is 2.50. The van der Waals surface area contributed by atoms with Gasteiger partial charge in [0.2, 0.25) is 10.0 Å². The fraction of sp³-hybridized carbons (Fsp3) is 0.235. The topological polar surface area (TPSA) is 63.7 Å². The van der Waals surface area contributed by atoms with E-state index < -0.39 is 28.4 Å². The van der Waals surface area contributed by atoms with Gasteiger partial charge in [0.15, 0.2) is 0 Å². The minimum absolute atomic E-state index is 0.0744. The largest absolute Gasteiger partial charge is 0.460 e. The molecule has 0 aliphatic rings. The summed E-state index contributed by atoms with van der Waals surface area (Å²) in [5, 5.41) is 0. The van der Waals surface area contributed by atoms with Gasteiger partial charge in [-0.15, -0.1) is 0 Å². The number of aryl methyl sites for hydroxylation is 1. The van der Waals surface area contributed by atoms with E-state index >= 15 is 0 Å². The quantitative estimate of drug-likeness (QED) is 0.750. The minimum atomic E-state index is -3.87. The number of esters is 1. The van der Waals surface area contributed by atoms with Crippen LogP contribution in [0, 0.1) is 12.7 Å². The number of benzene rings is 2. The Morgan fingerprint density at radius 1 is 1.17 bits per heavy atom. The van der Waals surface area contributed by atoms with Crippen LogP contribution in [0.15, 0.2) is 53.4 Å². The molecule has 128 valence electrons. The number of ether oxygens (including phenoxy) is 1. The molecule has 2 aromatic rings. The molecule has 0 fully saturated rings. The third-order valence-electron chi connectivity index (χ3n) is 3.36. The van der Waals surface area contributed by atoms with Crippen LogP contribution in [-0.2, 0) is 26.2 Å². The van der Waals surface area contributed by atoms with Crippen LogP contribution in [0.1, 0.15) is 11.1 Å². The molecule has 0 heterocycles. The summed E-state index contributed by atoms with van der Waals surface area (Å²) in [6, 6.07) is 11.9. The summed E-state index contributed by atoms with van der Waals surface area (Å²) in [6.45, 7) is 1.57. The molecule has 7 heteroatoms. The van der Waals surface area contributed by atoms with E-state index in [9.17, 15) is 17.6 Å². The molecule has 0 aromatic heterocycles. The summed E-state index contributed by atoms with van der Waals surface area (Å²) in [6.07, 6.45) is 0. The highest BCUT2D eigenvalue weighted by atomic mass is 32.2. The lowest BCUT2D eigenvalue weighted by molar-refractivity contribution is -0.144. The first kappa shape index (κ1) is 18.1. The number of halogens is 1. The number of hydrogen-bond donors (Lipinski definition) is 0. The molecule has 0 bridgehead atoms. The number of carbonyl (C=O) groups excluding carboxylic acids is 1. The van der Waals surface area contributed by atoms with Gasteiger partial charge in [0.1, 0.15) is 19.0 Å². The van der Waals surface area contributed by atoms with Crippen molar-refractivity contribution in [1.29, 1.82) is 0 Å². The molecule has 0 saturated carbocycles. The van der Waals surface area contributed by atoms with E-state index in [4.69, 9.17) is 4.74 Å². The SMILES string of the molecule is Cc1cccc(COC(=O)CN(C)S(=O)(=O)c2ccc(F)cc2)c1. The van der Waals surface area contributed by atoms with Crippen molar-refractivity contribution in [2.45, 2.75) is 18.4 Å². The summed E-state index contributed by atoms with van der Waals surface area (Å²) < 4.78 is 43.5. The molecule has 0 saturated heterocycles. The van der Waals surface area contributed by atoms with Crippen LogP contribution >= 0.6 is 0 Å². The average Bonchev–Trinajstić information content (AvgIpc) is 2.53. The van der Waals surface area contributed by atoms with E-state index in [-0.39, 0.29) is 11.5 Å². The molecule has 2 rings (SSSR count). The summed E-state index contributed by atoms with van der Waals surface area (Å²) in [5.74, 6) is -1.20. The Morgan fingerprint density at radius 3 is 2.46 bits per heavy atom. The van der Waals surface area contributed by atoms with Crippen molar-refractivity contribution in [2.75, 3.05) is 13.6 Å². The van der Waals surface area contributed by atoms with Crippen molar-refractivity contribution in [3.8, 4) is 0 Å². The number of rotatable bonds is 6. The van der Waals surface area contributed by atoms with Crippen molar-refractivity contribution >= 4 is 16.0 Å². The van der Waals surface area contributed by atoms with Crippen molar-refractivity contribution in [1.82, 2.24) is 4.31 Å². The van der Waals surface area contributed by atoms with E-state index in [2.05, 4.69) is 0 Å². The Morgan fingerprint density at radius 2 is 1.83 bits per heavy atom. The Labute approximate surface area is 140 Å². The molecule has 0 N–H and O–H groups in total. The summed E-state index contributed by atoms with van der Waals surface area (Å²) in [7, 11) is -2.60. The van der Waals surface area contributed by atoms with Crippen LogP contribution in [0.2, 0.25) is 0 Å². The van der Waals surface area contributed by atoms with E-state index in [0.717, 1.165) is 39.7 Å². The second kappa shape index (κ2) is 7.55. The number of likely N-dealkylation sites (N-methyl/N-ethyl adjacent to an activating group) is 1. The van der Waals surface area contributed by atoms with Gasteiger partial charge in [0.05, 0.1) is 4.90 Å². The lowest BCUT2D eigenvalue weighted by Crippen LogP contribution is -2.33. The maximum atomic E-state index is 12.9. The van der Waals surface area contributed by atoms with Crippen molar-refractivity contribution in [3.63, 3.8) is 0 Å². The zero-order valence-corrected chi connectivity index (χ0v) is 14.2. The summed E-state index contributed by atoms with van der Waals surface area (Å²) >= 11 is 0. The number of sulfonamides is 1. The molecular formula is C17H18FNO4S. The number of nitrogens with zero attached hydrogens (tertiary/aromatic N) is 1. The second-order valence-corrected chi connectivity index (χ2v) is 7.41. The monoisotopic (exact) mass is 351 g/mol. The Balaban J connectivity index is 1.96. The van der Waals surface area contributed by atoms with Gasteiger partial charge in [-0.05, 0) is 36.8 Å². The van der Waals surface area contributed by atoms with Gasteiger partial charge in [0, 0.05) is 7.05 Å². The molecule has 0 aliphatic carbocycles. The zero-order chi connectivity index (χ0) is 17.7. The van der Waals surface area contributed by atoms with Crippen LogP contribution in [0.25, 0.3) is 0 Å². The average molecular weight is 351 g/mol. The first-order chi connectivity index (χ1) is 11.3. The predicted molar refractivity (Wildman–Crippen MR) is 87.2 cm³/mol. The summed E-state index contributed by atoms with van der Waals surface area (Å²) in [5.41, 5.74) is 1.87. The zero-order valence-electron chi connectivity index (χ0n) is 13.4. The van der Waals surface area contributed by atoms with Crippen LogP contribution in [0.4, 0.5) is 4.39 Å². The van der Waals surface area contributed by atoms with Gasteiger partial charge in [-0.2, -0.15) is 4.31 Å². The molecular weight excluding hydrogens is 333 g/mol. The molecule has 0 radical (unpaired) electrons. The Kier molecular flexibility index (Phi) is 5.69. The third kappa shape index (κ3) is 4.62. The van der Waals surface area contributed by atoms with Gasteiger partial charge in [-0.3, -0.25) is 4.79 Å². The number of carbonyl (C=O) groups is 1. The summed E-state index contributed by atoms with van der Waals surface area (Å²) in [4.78, 5) is 11.8. The maximum absolute atomic E-state index is 12.9. The van der Waals surface area contributed by atoms with Crippen LogP contribution in [-0.4, -0.2) is 32.3 Å². The van der Waals surface area contributed by atoms with Crippen LogP contribution in [0.5, 0.6) is 0 Å². The van der Waals surface area contributed by atoms with Crippen LogP contribution in [0.3, 0.4) is 0 Å². The Hall–Kier alpha value is -2.25. The smallest absolute Gasteiger partial charge is 0.321 e. The highest BCUT2D eigenvalue weighted by molar-refractivity contribution is 7.89. The van der Waals surface area contributed by atoms with E-state index in [1.807, 2.05) is 31.2 Å². The molecule has 0 amide bonds. The molecule has 0 unspecified atom stereocenters. The van der Waals surface area contributed by atoms with E-state index in [1.54, 1.807) is 0 Å². The van der Waals surface area contributed by atoms with Gasteiger partial charge in [-0.1, -0.05) is 29.8 Å². The van der Waals surface area contributed by atoms with E-state index in [1.165, 1.54) is 7.05 Å². The maximum Gasteiger partial charge on any atom is 0.321 e. The molecule has 24 heavy (non-hydrogen) atoms. The highest BCUT2D eigenvalue weighted by Crippen LogP contribution is 2.15. The van der Waals surface area contributed by atoms with Gasteiger partial charge in [-0.25, -0.2) is 12.8 Å². The number of hydrogen-bond acceptors (Lipinski definition) is 4. The minimum Gasteiger partial charge on any atom is -0.460 e. The van der Waals surface area contributed by atoms with Gasteiger partial charge >= 0.3 is 5.97 Å². The first-order valence-corrected chi connectivity index (χ1v) is 8.66. The lowest BCUT2D eigenvalue weighted by atomic mass is 10.1. The molecule has 0 spiro atoms. The van der Waals surface area contributed by atoms with Gasteiger partial charge < -0.3 is 4.74 Å². The standard InChI is InChI=1S/C17H18FNO4S/c1-13-4-3-5-14(10-13)12-23-17(20)11-19(2)24(21,22)16-8-6-15(18)7-9-16/h3-10H,11-12H2,1-2H3. The Bertz CT molecular complexity index is 819.